The van der Waals surface area contributed by atoms with E-state index in [9.17, 15) is 4.79 Å². The zero-order valence-corrected chi connectivity index (χ0v) is 10.1. The van der Waals surface area contributed by atoms with Gasteiger partial charge in [-0.05, 0) is 49.9 Å². The second-order valence-corrected chi connectivity index (χ2v) is 4.22. The molecule has 0 bridgehead atoms. The molecule has 0 unspecified atom stereocenters. The van der Waals surface area contributed by atoms with Crippen molar-refractivity contribution in [2.24, 2.45) is 0 Å². The molecule has 87 valence electrons. The number of benzene rings is 1. The highest BCUT2D eigenvalue weighted by atomic mass is 35.5. The third-order valence-electron chi connectivity index (χ3n) is 2.51. The highest BCUT2D eigenvalue weighted by molar-refractivity contribution is 6.30. The highest BCUT2D eigenvalue weighted by Crippen LogP contribution is 2.24. The summed E-state index contributed by atoms with van der Waals surface area (Å²) in [5.74, 6) is 0.944. The Morgan fingerprint density at radius 3 is 2.41 bits per heavy atom. The molecule has 5 radical (unpaired) electrons. The lowest BCUT2D eigenvalue weighted by Gasteiger charge is -2.08. The van der Waals surface area contributed by atoms with Crippen LogP contribution in [0.2, 0.25) is 5.02 Å². The van der Waals surface area contributed by atoms with E-state index in [0.29, 0.717) is 18.0 Å². The highest BCUT2D eigenvalue weighted by Gasteiger charge is 2.23. The van der Waals surface area contributed by atoms with Gasteiger partial charge in [0, 0.05) is 29.6 Å². The normalized spacial score (nSPS) is 16.1. The van der Waals surface area contributed by atoms with Crippen molar-refractivity contribution < 1.29 is 4.79 Å². The molecule has 0 spiro atoms. The summed E-state index contributed by atoms with van der Waals surface area (Å²) in [5.41, 5.74) is 0.977. The van der Waals surface area contributed by atoms with Crippen molar-refractivity contribution in [2.45, 2.75) is 6.42 Å². The van der Waals surface area contributed by atoms with E-state index in [1.807, 2.05) is 49.9 Å². The van der Waals surface area contributed by atoms with Crippen LogP contribution in [0, 0.1) is 31.6 Å². The van der Waals surface area contributed by atoms with E-state index in [4.69, 9.17) is 11.6 Å². The zero-order valence-electron chi connectivity index (χ0n) is 9.32. The van der Waals surface area contributed by atoms with Crippen LogP contribution < -0.4 is 5.32 Å². The topological polar surface area (TPSA) is 29.1 Å². The molecule has 1 aliphatic carbocycles. The smallest absolute Gasteiger partial charge is 0.142 e. The summed E-state index contributed by atoms with van der Waals surface area (Å²) in [6, 6.07) is 7.44. The Labute approximate surface area is 107 Å². The fourth-order valence-electron chi connectivity index (χ4n) is 1.59. The lowest BCUT2D eigenvalue weighted by molar-refractivity contribution is -0.116. The summed E-state index contributed by atoms with van der Waals surface area (Å²) in [4.78, 5) is 11.7. The number of halogens is 1. The third kappa shape index (κ3) is 3.74. The number of hydrogen-bond acceptors (Lipinski definition) is 2. The van der Waals surface area contributed by atoms with Crippen LogP contribution in [0.5, 0.6) is 0 Å². The molecule has 17 heavy (non-hydrogen) atoms. The van der Waals surface area contributed by atoms with Gasteiger partial charge in [-0.3, -0.25) is 4.79 Å². The van der Waals surface area contributed by atoms with Gasteiger partial charge in [-0.25, -0.2) is 0 Å². The zero-order chi connectivity index (χ0) is 12.1. The first-order valence-corrected chi connectivity index (χ1v) is 5.88. The summed E-state index contributed by atoms with van der Waals surface area (Å²) in [7, 11) is 0. The average Bonchev–Trinajstić information content (AvgIpc) is 2.85. The van der Waals surface area contributed by atoms with Crippen LogP contribution in [0.4, 0.5) is 5.69 Å². The van der Waals surface area contributed by atoms with Crippen molar-refractivity contribution in [3.63, 3.8) is 0 Å². The maximum absolute atomic E-state index is 11.7. The molecule has 1 fully saturated rings. The summed E-state index contributed by atoms with van der Waals surface area (Å²) in [5, 5.41) is 3.90. The fourth-order valence-corrected chi connectivity index (χ4v) is 1.72. The summed E-state index contributed by atoms with van der Waals surface area (Å²) in [6.45, 7) is 0.631. The number of ketones is 1. The molecule has 3 heteroatoms. The summed E-state index contributed by atoms with van der Waals surface area (Å²) < 4.78 is 0. The minimum Gasteiger partial charge on any atom is -0.385 e. The number of carbonyl (C=O) groups excluding carboxylic acids is 1. The van der Waals surface area contributed by atoms with Gasteiger partial charge in [0.1, 0.15) is 5.78 Å². The Morgan fingerprint density at radius 2 is 1.76 bits per heavy atom. The Kier molecular flexibility index (Phi) is 4.43. The minimum absolute atomic E-state index is 0.163. The molecule has 1 saturated carbocycles. The lowest BCUT2D eigenvalue weighted by Crippen LogP contribution is -2.14. The van der Waals surface area contributed by atoms with Gasteiger partial charge in [0.2, 0.25) is 0 Å². The predicted molar refractivity (Wildman–Crippen MR) is 70.0 cm³/mol. The van der Waals surface area contributed by atoms with Crippen LogP contribution in [0.1, 0.15) is 6.42 Å². The molecule has 0 saturated heterocycles. The molecule has 1 N–H and O–H groups in total. The average molecular weight is 247 g/mol. The van der Waals surface area contributed by atoms with Crippen LogP contribution in [0.15, 0.2) is 24.3 Å². The van der Waals surface area contributed by atoms with Gasteiger partial charge in [0.15, 0.2) is 0 Å². The van der Waals surface area contributed by atoms with Gasteiger partial charge in [-0.1, -0.05) is 11.6 Å². The van der Waals surface area contributed by atoms with E-state index in [-0.39, 0.29) is 5.78 Å². The van der Waals surface area contributed by atoms with Gasteiger partial charge in [-0.2, -0.15) is 0 Å². The SMILES string of the molecule is O=C(CCNc1ccc(Cl)cc1)[C]1[CH][CH][CH][CH]1. The molecule has 0 amide bonds. The monoisotopic (exact) mass is 246 g/mol. The maximum Gasteiger partial charge on any atom is 0.142 e. The first kappa shape index (κ1) is 12.4. The van der Waals surface area contributed by atoms with E-state index < -0.39 is 0 Å². The van der Waals surface area contributed by atoms with Crippen molar-refractivity contribution in [1.29, 1.82) is 0 Å². The van der Waals surface area contributed by atoms with Gasteiger partial charge < -0.3 is 5.32 Å². The Morgan fingerprint density at radius 1 is 1.12 bits per heavy atom. The largest absolute Gasteiger partial charge is 0.385 e. The molecular formula is C14H13ClNO. The second-order valence-electron chi connectivity index (χ2n) is 3.78. The maximum atomic E-state index is 11.7. The molecule has 0 aliphatic heterocycles. The molecule has 2 nitrogen and oxygen atoms in total. The molecule has 1 aliphatic rings. The first-order valence-electron chi connectivity index (χ1n) is 5.50. The third-order valence-corrected chi connectivity index (χ3v) is 2.76. The van der Waals surface area contributed by atoms with Crippen molar-refractivity contribution in [2.75, 3.05) is 11.9 Å². The van der Waals surface area contributed by atoms with Crippen molar-refractivity contribution in [3.8, 4) is 0 Å². The van der Waals surface area contributed by atoms with Crippen LogP contribution in [-0.2, 0) is 4.79 Å². The van der Waals surface area contributed by atoms with E-state index >= 15 is 0 Å². The van der Waals surface area contributed by atoms with Crippen molar-refractivity contribution in [1.82, 2.24) is 0 Å². The fraction of sp³-hybridized carbons (Fsp3) is 0.143. The molecule has 0 atom stereocenters. The van der Waals surface area contributed by atoms with E-state index in [0.717, 1.165) is 11.6 Å². The van der Waals surface area contributed by atoms with Crippen LogP contribution in [-0.4, -0.2) is 12.3 Å². The van der Waals surface area contributed by atoms with E-state index in [1.165, 1.54) is 0 Å². The molecule has 0 aromatic heterocycles. The van der Waals surface area contributed by atoms with Crippen LogP contribution in [0.3, 0.4) is 0 Å². The minimum atomic E-state index is 0.163. The Bertz CT molecular complexity index is 368. The van der Waals surface area contributed by atoms with Gasteiger partial charge in [0.25, 0.3) is 0 Å². The molecule has 1 aromatic carbocycles. The van der Waals surface area contributed by atoms with Gasteiger partial charge >= 0.3 is 0 Å². The Hall–Kier alpha value is -1.02. The van der Waals surface area contributed by atoms with Crippen LogP contribution in [0.25, 0.3) is 0 Å². The number of rotatable bonds is 5. The molecule has 1 aromatic rings. The lowest BCUT2D eigenvalue weighted by atomic mass is 10.0. The Balaban J connectivity index is 1.72. The quantitative estimate of drug-likeness (QED) is 0.865. The second kappa shape index (κ2) is 6.06. The first-order chi connectivity index (χ1) is 8.25. The van der Waals surface area contributed by atoms with Gasteiger partial charge in [-0.15, -0.1) is 0 Å². The summed E-state index contributed by atoms with van der Waals surface area (Å²) in [6.07, 6.45) is 7.92. The molecule has 0 heterocycles. The van der Waals surface area contributed by atoms with Crippen molar-refractivity contribution >= 4 is 23.1 Å². The number of hydrogen-bond donors (Lipinski definition) is 1. The molecular weight excluding hydrogens is 234 g/mol. The number of nitrogens with one attached hydrogen (secondary N) is 1. The number of Topliss-reactive ketones (excluding diaryl/α,β-unsaturated/α-hetero) is 1. The standard InChI is InChI=1S/C14H13ClNO/c15-12-5-7-13(8-6-12)16-10-9-14(17)11-3-1-2-4-11/h1-8,16H,9-10H2. The number of anilines is 1. The van der Waals surface area contributed by atoms with E-state index in [1.54, 1.807) is 0 Å². The molecule has 2 rings (SSSR count). The van der Waals surface area contributed by atoms with E-state index in [2.05, 4.69) is 5.32 Å². The van der Waals surface area contributed by atoms with Gasteiger partial charge in [0.05, 0.1) is 0 Å². The summed E-state index contributed by atoms with van der Waals surface area (Å²) >= 11 is 5.78. The van der Waals surface area contributed by atoms with Crippen LogP contribution >= 0.6 is 11.6 Å². The van der Waals surface area contributed by atoms with Crippen molar-refractivity contribution in [3.05, 3.63) is 60.9 Å². The predicted octanol–water partition coefficient (Wildman–Crippen LogP) is 3.12. The number of carbonyl (C=O) groups is 1.